The summed E-state index contributed by atoms with van der Waals surface area (Å²) in [4.78, 5) is 10.4. The average Bonchev–Trinajstić information content (AvgIpc) is 2.16. The molecule has 82 valence electrons. The van der Waals surface area contributed by atoms with Crippen LogP contribution in [-0.4, -0.2) is 11.1 Å². The van der Waals surface area contributed by atoms with Gasteiger partial charge in [-0.2, -0.15) is 0 Å². The van der Waals surface area contributed by atoms with Gasteiger partial charge in [0.2, 0.25) is 0 Å². The first-order valence-electron chi connectivity index (χ1n) is 5.48. The van der Waals surface area contributed by atoms with Crippen LogP contribution in [0, 0.1) is 5.92 Å². The first kappa shape index (κ1) is 13.2. The monoisotopic (exact) mass is 198 g/mol. The highest BCUT2D eigenvalue weighted by Crippen LogP contribution is 2.12. The predicted octanol–water partition coefficient (Wildman–Crippen LogP) is 3.62. The summed E-state index contributed by atoms with van der Waals surface area (Å²) >= 11 is 0. The molecule has 0 spiro atoms. The molecule has 0 bridgehead atoms. The highest BCUT2D eigenvalue weighted by Gasteiger charge is 1.99. The lowest BCUT2D eigenvalue weighted by Crippen LogP contribution is -1.96. The second-order valence-electron chi connectivity index (χ2n) is 3.99. The smallest absolute Gasteiger partial charge is 0.330 e. The maximum atomic E-state index is 10.4. The lowest BCUT2D eigenvalue weighted by molar-refractivity contribution is -0.132. The van der Waals surface area contributed by atoms with Crippen LogP contribution in [0.3, 0.4) is 0 Å². The van der Waals surface area contributed by atoms with Crippen LogP contribution in [0.2, 0.25) is 0 Å². The molecule has 0 saturated carbocycles. The van der Waals surface area contributed by atoms with Crippen molar-refractivity contribution in [2.45, 2.75) is 52.9 Å². The fourth-order valence-electron chi connectivity index (χ4n) is 1.25. The van der Waals surface area contributed by atoms with Crippen molar-refractivity contribution in [3.8, 4) is 0 Å². The van der Waals surface area contributed by atoms with E-state index in [0.717, 1.165) is 18.8 Å². The van der Waals surface area contributed by atoms with Crippen LogP contribution < -0.4 is 0 Å². The fourth-order valence-corrected chi connectivity index (χ4v) is 1.25. The molecule has 1 atom stereocenters. The van der Waals surface area contributed by atoms with Crippen molar-refractivity contribution in [2.75, 3.05) is 0 Å². The van der Waals surface area contributed by atoms with Crippen molar-refractivity contribution in [1.29, 1.82) is 0 Å². The van der Waals surface area contributed by atoms with Gasteiger partial charge in [0.05, 0.1) is 0 Å². The lowest BCUT2D eigenvalue weighted by Gasteiger charge is -2.06. The normalized spacial score (nSPS) is 14.1. The first-order chi connectivity index (χ1) is 6.57. The minimum absolute atomic E-state index is 0.466. The zero-order chi connectivity index (χ0) is 11.0. The van der Waals surface area contributed by atoms with E-state index >= 15 is 0 Å². The number of hydrogen-bond acceptors (Lipinski definition) is 1. The Morgan fingerprint density at radius 1 is 1.43 bits per heavy atom. The summed E-state index contributed by atoms with van der Waals surface area (Å²) in [6.07, 6.45) is 7.53. The zero-order valence-electron chi connectivity index (χ0n) is 9.55. The number of carboxylic acid groups (broad SMARTS) is 1. The maximum absolute atomic E-state index is 10.4. The van der Waals surface area contributed by atoms with Gasteiger partial charge < -0.3 is 5.11 Å². The van der Waals surface area contributed by atoms with Crippen molar-refractivity contribution >= 4 is 5.97 Å². The molecule has 0 fully saturated rings. The Balaban J connectivity index is 3.47. The molecule has 0 amide bonds. The molecule has 1 unspecified atom stereocenters. The minimum atomic E-state index is -0.799. The third kappa shape index (κ3) is 6.70. The Hall–Kier alpha value is -0.790. The highest BCUT2D eigenvalue weighted by atomic mass is 16.4. The minimum Gasteiger partial charge on any atom is -0.478 e. The summed E-state index contributed by atoms with van der Waals surface area (Å²) < 4.78 is 0. The van der Waals surface area contributed by atoms with Crippen LogP contribution in [0.1, 0.15) is 52.9 Å². The number of aliphatic carboxylic acids is 1. The molecular formula is C12H22O2. The van der Waals surface area contributed by atoms with Crippen molar-refractivity contribution in [1.82, 2.24) is 0 Å². The van der Waals surface area contributed by atoms with Crippen LogP contribution in [0.4, 0.5) is 0 Å². The first-order valence-corrected chi connectivity index (χ1v) is 5.48. The Morgan fingerprint density at radius 2 is 2.07 bits per heavy atom. The van der Waals surface area contributed by atoms with Gasteiger partial charge in [-0.05, 0) is 25.7 Å². The van der Waals surface area contributed by atoms with E-state index in [2.05, 4.69) is 13.8 Å². The Kier molecular flexibility index (Phi) is 7.17. The molecule has 0 heterocycles. The van der Waals surface area contributed by atoms with E-state index in [4.69, 9.17) is 5.11 Å². The summed E-state index contributed by atoms with van der Waals surface area (Å²) in [6, 6.07) is 0. The molecule has 2 nitrogen and oxygen atoms in total. The quantitative estimate of drug-likeness (QED) is 0.501. The standard InChI is InChI=1S/C12H22O2/c1-4-10(2)8-6-5-7-9-11(3)12(13)14/h9-10H,4-8H2,1-3H3,(H,13,14). The molecule has 0 aromatic rings. The molecule has 14 heavy (non-hydrogen) atoms. The van der Waals surface area contributed by atoms with Gasteiger partial charge in [0.1, 0.15) is 0 Å². The maximum Gasteiger partial charge on any atom is 0.330 e. The van der Waals surface area contributed by atoms with Crippen molar-refractivity contribution in [2.24, 2.45) is 5.92 Å². The summed E-state index contributed by atoms with van der Waals surface area (Å²) in [5, 5.41) is 8.60. The molecule has 0 aliphatic heterocycles. The number of rotatable bonds is 7. The second-order valence-corrected chi connectivity index (χ2v) is 3.99. The van der Waals surface area contributed by atoms with Gasteiger partial charge >= 0.3 is 5.97 Å². The van der Waals surface area contributed by atoms with Gasteiger partial charge in [-0.1, -0.05) is 39.2 Å². The lowest BCUT2D eigenvalue weighted by atomic mass is 10.0. The fraction of sp³-hybridized carbons (Fsp3) is 0.750. The number of hydrogen-bond donors (Lipinski definition) is 1. The van der Waals surface area contributed by atoms with Crippen molar-refractivity contribution < 1.29 is 9.90 Å². The molecule has 2 heteroatoms. The van der Waals surface area contributed by atoms with E-state index in [1.54, 1.807) is 6.92 Å². The number of unbranched alkanes of at least 4 members (excludes halogenated alkanes) is 2. The molecule has 0 aliphatic carbocycles. The topological polar surface area (TPSA) is 37.3 Å². The largest absolute Gasteiger partial charge is 0.478 e. The zero-order valence-corrected chi connectivity index (χ0v) is 9.55. The van der Waals surface area contributed by atoms with Crippen LogP contribution in [-0.2, 0) is 4.79 Å². The molecular weight excluding hydrogens is 176 g/mol. The summed E-state index contributed by atoms with van der Waals surface area (Å²) in [6.45, 7) is 6.12. The Labute approximate surface area is 87.0 Å². The van der Waals surface area contributed by atoms with Gasteiger partial charge in [-0.25, -0.2) is 4.79 Å². The van der Waals surface area contributed by atoms with Crippen LogP contribution in [0.5, 0.6) is 0 Å². The molecule has 1 N–H and O–H groups in total. The molecule has 0 aromatic heterocycles. The van der Waals surface area contributed by atoms with Crippen LogP contribution >= 0.6 is 0 Å². The van der Waals surface area contributed by atoms with Gasteiger partial charge in [0.25, 0.3) is 0 Å². The third-order valence-corrected chi connectivity index (χ3v) is 2.64. The average molecular weight is 198 g/mol. The summed E-state index contributed by atoms with van der Waals surface area (Å²) in [5.41, 5.74) is 0.466. The van der Waals surface area contributed by atoms with E-state index < -0.39 is 5.97 Å². The van der Waals surface area contributed by atoms with Gasteiger partial charge in [0.15, 0.2) is 0 Å². The number of carboxylic acids is 1. The van der Waals surface area contributed by atoms with E-state index in [9.17, 15) is 4.79 Å². The SMILES string of the molecule is CCC(C)CCCCC=C(C)C(=O)O. The number of allylic oxidation sites excluding steroid dienone is 1. The van der Waals surface area contributed by atoms with Crippen LogP contribution in [0.15, 0.2) is 11.6 Å². The molecule has 0 aliphatic rings. The molecule has 0 saturated heterocycles. The van der Waals surface area contributed by atoms with E-state index in [1.165, 1.54) is 19.3 Å². The molecule has 0 aromatic carbocycles. The number of carbonyl (C=O) groups is 1. The highest BCUT2D eigenvalue weighted by molar-refractivity contribution is 5.85. The van der Waals surface area contributed by atoms with E-state index in [0.29, 0.717) is 5.57 Å². The van der Waals surface area contributed by atoms with E-state index in [-0.39, 0.29) is 0 Å². The Bertz CT molecular complexity index is 194. The van der Waals surface area contributed by atoms with Gasteiger partial charge in [-0.3, -0.25) is 0 Å². The second kappa shape index (κ2) is 7.60. The van der Waals surface area contributed by atoms with Crippen molar-refractivity contribution in [3.63, 3.8) is 0 Å². The Morgan fingerprint density at radius 3 is 2.57 bits per heavy atom. The summed E-state index contributed by atoms with van der Waals surface area (Å²) in [7, 11) is 0. The van der Waals surface area contributed by atoms with E-state index in [1.807, 2.05) is 6.08 Å². The van der Waals surface area contributed by atoms with Gasteiger partial charge in [0, 0.05) is 5.57 Å². The predicted molar refractivity (Wildman–Crippen MR) is 59.3 cm³/mol. The molecule has 0 rings (SSSR count). The van der Waals surface area contributed by atoms with Crippen molar-refractivity contribution in [3.05, 3.63) is 11.6 Å². The summed E-state index contributed by atoms with van der Waals surface area (Å²) in [5.74, 6) is 0.00600. The molecule has 0 radical (unpaired) electrons. The van der Waals surface area contributed by atoms with Gasteiger partial charge in [-0.15, -0.1) is 0 Å². The third-order valence-electron chi connectivity index (χ3n) is 2.64. The van der Waals surface area contributed by atoms with Crippen LogP contribution in [0.25, 0.3) is 0 Å².